The molecule has 0 spiro atoms. The first-order valence-electron chi connectivity index (χ1n) is 9.64. The minimum atomic E-state index is -0.300. The van der Waals surface area contributed by atoms with Crippen molar-refractivity contribution >= 4 is 43.4 Å². The average Bonchev–Trinajstić information content (AvgIpc) is 3.29. The molecule has 0 saturated heterocycles. The lowest BCUT2D eigenvalue weighted by molar-refractivity contribution is 0.0996. The van der Waals surface area contributed by atoms with Crippen LogP contribution in [-0.2, 0) is 11.3 Å². The average molecular weight is 485 g/mol. The van der Waals surface area contributed by atoms with Crippen molar-refractivity contribution in [2.45, 2.75) is 20.4 Å². The second kappa shape index (κ2) is 9.07. The van der Waals surface area contributed by atoms with Crippen molar-refractivity contribution in [1.29, 1.82) is 0 Å². The fourth-order valence-electron chi connectivity index (χ4n) is 3.24. The van der Waals surface area contributed by atoms with E-state index in [0.29, 0.717) is 30.1 Å². The van der Waals surface area contributed by atoms with Gasteiger partial charge >= 0.3 is 0 Å². The van der Waals surface area contributed by atoms with Crippen molar-refractivity contribution < 1.29 is 9.53 Å². The van der Waals surface area contributed by atoms with Gasteiger partial charge in [-0.1, -0.05) is 45.5 Å². The fraction of sp³-hybridized carbons (Fsp3) is 0.227. The Balaban J connectivity index is 1.75. The van der Waals surface area contributed by atoms with Gasteiger partial charge in [-0.15, -0.1) is 0 Å². The molecule has 0 unspecified atom stereocenters. The summed E-state index contributed by atoms with van der Waals surface area (Å²) in [5.74, 6) is -0.300. The molecule has 0 aliphatic heterocycles. The summed E-state index contributed by atoms with van der Waals surface area (Å²) < 4.78 is 11.4. The van der Waals surface area contributed by atoms with Crippen LogP contribution in [0.3, 0.4) is 0 Å². The number of rotatable bonds is 6. The van der Waals surface area contributed by atoms with E-state index in [1.807, 2.05) is 66.9 Å². The van der Waals surface area contributed by atoms with Crippen LogP contribution in [0.1, 0.15) is 23.0 Å². The molecule has 30 heavy (non-hydrogen) atoms. The van der Waals surface area contributed by atoms with Gasteiger partial charge in [-0.3, -0.25) is 4.79 Å². The summed E-state index contributed by atoms with van der Waals surface area (Å²) in [6, 6.07) is 15.8. The number of nitrogens with zero attached hydrogens (tertiary/aromatic N) is 4. The van der Waals surface area contributed by atoms with Crippen molar-refractivity contribution in [3.8, 4) is 5.69 Å². The van der Waals surface area contributed by atoms with Crippen LogP contribution in [0.25, 0.3) is 15.9 Å². The Morgan fingerprint density at radius 2 is 2.03 bits per heavy atom. The number of fused-ring (bicyclic) bond motifs is 1. The van der Waals surface area contributed by atoms with E-state index in [-0.39, 0.29) is 5.91 Å². The molecule has 154 valence electrons. The van der Waals surface area contributed by atoms with Crippen molar-refractivity contribution in [2.75, 3.05) is 13.2 Å². The highest BCUT2D eigenvalue weighted by molar-refractivity contribution is 9.10. The normalized spacial score (nSPS) is 12.0. The van der Waals surface area contributed by atoms with Crippen molar-refractivity contribution in [2.24, 2.45) is 4.99 Å². The van der Waals surface area contributed by atoms with Gasteiger partial charge in [0.15, 0.2) is 4.80 Å². The molecular weight excluding hydrogens is 464 g/mol. The highest BCUT2D eigenvalue weighted by Gasteiger charge is 2.16. The number of hydrogen-bond donors (Lipinski definition) is 0. The molecule has 0 bridgehead atoms. The van der Waals surface area contributed by atoms with Crippen LogP contribution in [-0.4, -0.2) is 33.5 Å². The van der Waals surface area contributed by atoms with Crippen LogP contribution >= 0.6 is 27.3 Å². The number of carbonyl (C=O) groups excluding carboxylic acids is 1. The number of thiazole rings is 1. The minimum Gasteiger partial charge on any atom is -0.380 e. The molecule has 0 radical (unpaired) electrons. The van der Waals surface area contributed by atoms with E-state index in [9.17, 15) is 4.79 Å². The number of aromatic nitrogens is 3. The zero-order valence-electron chi connectivity index (χ0n) is 16.7. The zero-order valence-corrected chi connectivity index (χ0v) is 19.1. The molecule has 1 amide bonds. The predicted molar refractivity (Wildman–Crippen MR) is 122 cm³/mol. The monoisotopic (exact) mass is 484 g/mol. The van der Waals surface area contributed by atoms with Crippen molar-refractivity contribution in [3.63, 3.8) is 0 Å². The van der Waals surface area contributed by atoms with Gasteiger partial charge in [-0.05, 0) is 44.2 Å². The molecule has 0 saturated carbocycles. The first-order valence-corrected chi connectivity index (χ1v) is 11.2. The standard InChI is InChI=1S/C22H21BrN4O2S/c1-3-29-12-11-26-19-10-9-16(23)13-20(19)30-22(26)25-21(28)18-14-24-27(15(18)2)17-7-5-4-6-8-17/h4-10,13-14H,3,11-12H2,1-2H3. The van der Waals surface area contributed by atoms with Gasteiger partial charge in [0.2, 0.25) is 0 Å². The molecule has 2 aromatic carbocycles. The summed E-state index contributed by atoms with van der Waals surface area (Å²) in [6.45, 7) is 5.69. The number of halogens is 1. The first kappa shape index (κ1) is 20.7. The van der Waals surface area contributed by atoms with E-state index < -0.39 is 0 Å². The summed E-state index contributed by atoms with van der Waals surface area (Å²) in [5, 5.41) is 4.39. The zero-order chi connectivity index (χ0) is 21.1. The number of hydrogen-bond acceptors (Lipinski definition) is 4. The van der Waals surface area contributed by atoms with Gasteiger partial charge in [0, 0.05) is 17.6 Å². The van der Waals surface area contributed by atoms with Gasteiger partial charge in [-0.25, -0.2) is 4.68 Å². The number of benzene rings is 2. The summed E-state index contributed by atoms with van der Waals surface area (Å²) in [6.07, 6.45) is 1.59. The second-order valence-corrected chi connectivity index (χ2v) is 8.58. The van der Waals surface area contributed by atoms with Gasteiger partial charge in [0.1, 0.15) is 0 Å². The quantitative estimate of drug-likeness (QED) is 0.371. The van der Waals surface area contributed by atoms with E-state index in [2.05, 4.69) is 26.0 Å². The van der Waals surface area contributed by atoms with Gasteiger partial charge in [-0.2, -0.15) is 10.1 Å². The molecule has 0 aliphatic rings. The van der Waals surface area contributed by atoms with E-state index in [4.69, 9.17) is 4.74 Å². The Hall–Kier alpha value is -2.55. The number of amides is 1. The third-order valence-electron chi connectivity index (χ3n) is 4.75. The van der Waals surface area contributed by atoms with Crippen LogP contribution in [0, 0.1) is 6.92 Å². The number of para-hydroxylation sites is 1. The van der Waals surface area contributed by atoms with E-state index >= 15 is 0 Å². The third-order valence-corrected chi connectivity index (χ3v) is 6.28. The molecule has 0 atom stereocenters. The molecular formula is C22H21BrN4O2S. The van der Waals surface area contributed by atoms with E-state index in [0.717, 1.165) is 26.1 Å². The summed E-state index contributed by atoms with van der Waals surface area (Å²) in [4.78, 5) is 18.2. The van der Waals surface area contributed by atoms with Crippen LogP contribution in [0.4, 0.5) is 0 Å². The maximum absolute atomic E-state index is 13.0. The number of carbonyl (C=O) groups is 1. The molecule has 8 heteroatoms. The summed E-state index contributed by atoms with van der Waals surface area (Å²) >= 11 is 5.01. The second-order valence-electron chi connectivity index (χ2n) is 6.65. The van der Waals surface area contributed by atoms with Crippen molar-refractivity contribution in [1.82, 2.24) is 14.3 Å². The maximum atomic E-state index is 13.0. The lowest BCUT2D eigenvalue weighted by atomic mass is 10.2. The van der Waals surface area contributed by atoms with Crippen LogP contribution in [0.15, 0.2) is 64.2 Å². The van der Waals surface area contributed by atoms with Gasteiger partial charge in [0.25, 0.3) is 5.91 Å². The van der Waals surface area contributed by atoms with E-state index in [1.165, 1.54) is 11.3 Å². The molecule has 2 heterocycles. The van der Waals surface area contributed by atoms with Gasteiger partial charge < -0.3 is 9.30 Å². The van der Waals surface area contributed by atoms with E-state index in [1.54, 1.807) is 10.9 Å². The predicted octanol–water partition coefficient (Wildman–Crippen LogP) is 4.74. The van der Waals surface area contributed by atoms with Crippen LogP contribution in [0.2, 0.25) is 0 Å². The Morgan fingerprint density at radius 3 is 2.80 bits per heavy atom. The lowest BCUT2D eigenvalue weighted by Gasteiger charge is -2.05. The highest BCUT2D eigenvalue weighted by atomic mass is 79.9. The number of ether oxygens (including phenoxy) is 1. The molecule has 2 aromatic heterocycles. The maximum Gasteiger partial charge on any atom is 0.283 e. The highest BCUT2D eigenvalue weighted by Crippen LogP contribution is 2.22. The Labute approximate surface area is 186 Å². The topological polar surface area (TPSA) is 61.4 Å². The van der Waals surface area contributed by atoms with Gasteiger partial charge in [0.05, 0.1) is 40.0 Å². The molecule has 0 aliphatic carbocycles. The summed E-state index contributed by atoms with van der Waals surface area (Å²) in [5.41, 5.74) is 3.20. The lowest BCUT2D eigenvalue weighted by Crippen LogP contribution is -2.20. The Morgan fingerprint density at radius 1 is 1.23 bits per heavy atom. The Bertz CT molecular complexity index is 1260. The first-order chi connectivity index (χ1) is 14.6. The SMILES string of the molecule is CCOCCn1c(=NC(=O)c2cnn(-c3ccccc3)c2C)sc2cc(Br)ccc21. The molecule has 0 fully saturated rings. The largest absolute Gasteiger partial charge is 0.380 e. The molecule has 6 nitrogen and oxygen atoms in total. The van der Waals surface area contributed by atoms with Crippen molar-refractivity contribution in [3.05, 3.63) is 75.3 Å². The molecule has 0 N–H and O–H groups in total. The third kappa shape index (κ3) is 4.16. The summed E-state index contributed by atoms with van der Waals surface area (Å²) in [7, 11) is 0. The fourth-order valence-corrected chi connectivity index (χ4v) is 4.85. The van der Waals surface area contributed by atoms with Crippen LogP contribution < -0.4 is 4.80 Å². The molecule has 4 aromatic rings. The smallest absolute Gasteiger partial charge is 0.283 e. The minimum absolute atomic E-state index is 0.300. The Kier molecular flexibility index (Phi) is 6.26. The van der Waals surface area contributed by atoms with Crippen LogP contribution in [0.5, 0.6) is 0 Å². The molecule has 4 rings (SSSR count).